The van der Waals surface area contributed by atoms with Crippen LogP contribution >= 0.6 is 11.3 Å². The molecule has 21 heavy (non-hydrogen) atoms. The van der Waals surface area contributed by atoms with Gasteiger partial charge in [0.2, 0.25) is 0 Å². The summed E-state index contributed by atoms with van der Waals surface area (Å²) >= 11 is 1.63. The molecule has 0 bridgehead atoms. The molecule has 0 saturated carbocycles. The van der Waals surface area contributed by atoms with E-state index in [1.54, 1.807) is 11.3 Å². The van der Waals surface area contributed by atoms with Crippen molar-refractivity contribution in [3.8, 4) is 0 Å². The van der Waals surface area contributed by atoms with E-state index in [0.717, 1.165) is 37.2 Å². The van der Waals surface area contributed by atoms with E-state index in [1.165, 1.54) is 10.4 Å². The van der Waals surface area contributed by atoms with Gasteiger partial charge in [-0.05, 0) is 42.9 Å². The highest BCUT2D eigenvalue weighted by atomic mass is 32.1. The summed E-state index contributed by atoms with van der Waals surface area (Å²) in [6, 6.07) is 4.04. The van der Waals surface area contributed by atoms with Crippen LogP contribution in [0, 0.1) is 0 Å². The zero-order chi connectivity index (χ0) is 14.8. The molecular formula is C16H21N3OS. The van der Waals surface area contributed by atoms with Crippen LogP contribution in [0.15, 0.2) is 24.5 Å². The zero-order valence-corrected chi connectivity index (χ0v) is 13.4. The van der Waals surface area contributed by atoms with Gasteiger partial charge in [-0.25, -0.2) is 0 Å². The summed E-state index contributed by atoms with van der Waals surface area (Å²) in [5.41, 5.74) is 1.30. The number of rotatable bonds is 3. The Kier molecular flexibility index (Phi) is 4.10. The molecule has 1 aliphatic heterocycles. The second-order valence-corrected chi connectivity index (χ2v) is 6.80. The molecule has 112 valence electrons. The van der Waals surface area contributed by atoms with Crippen molar-refractivity contribution in [2.45, 2.75) is 32.1 Å². The second kappa shape index (κ2) is 6.02. The number of aromatic nitrogens is 2. The molecule has 3 heterocycles. The van der Waals surface area contributed by atoms with E-state index < -0.39 is 0 Å². The molecule has 0 atom stereocenters. The lowest BCUT2D eigenvalue weighted by Crippen LogP contribution is -2.37. The monoisotopic (exact) mass is 303 g/mol. The molecule has 2 aromatic heterocycles. The van der Waals surface area contributed by atoms with Crippen LogP contribution < -0.4 is 0 Å². The number of amides is 1. The lowest BCUT2D eigenvalue weighted by atomic mass is 9.91. The number of hydrogen-bond donors (Lipinski definition) is 0. The summed E-state index contributed by atoms with van der Waals surface area (Å²) in [6.07, 6.45) is 7.11. The first kappa shape index (κ1) is 14.3. The van der Waals surface area contributed by atoms with Gasteiger partial charge in [0.1, 0.15) is 0 Å². The number of carbonyl (C=O) groups excluding carboxylic acids is 1. The minimum atomic E-state index is 0.198. The average molecular weight is 303 g/mol. The van der Waals surface area contributed by atoms with Crippen molar-refractivity contribution >= 4 is 17.2 Å². The number of nitrogens with zero attached hydrogens (tertiary/aromatic N) is 3. The van der Waals surface area contributed by atoms with Crippen molar-refractivity contribution in [2.75, 3.05) is 13.1 Å². The highest BCUT2D eigenvalue weighted by molar-refractivity contribution is 7.14. The fraction of sp³-hybridized carbons (Fsp3) is 0.500. The smallest absolute Gasteiger partial charge is 0.263 e. The predicted octanol–water partition coefficient (Wildman–Crippen LogP) is 3.06. The Morgan fingerprint density at radius 3 is 2.71 bits per heavy atom. The first-order chi connectivity index (χ1) is 10.2. The van der Waals surface area contributed by atoms with Crippen LogP contribution in [0.25, 0.3) is 0 Å². The summed E-state index contributed by atoms with van der Waals surface area (Å²) in [4.78, 5) is 16.7. The van der Waals surface area contributed by atoms with Crippen LogP contribution in [0.2, 0.25) is 0 Å². The fourth-order valence-electron chi connectivity index (χ4n) is 2.91. The van der Waals surface area contributed by atoms with Crippen LogP contribution in [0.1, 0.15) is 45.8 Å². The van der Waals surface area contributed by atoms with Crippen LogP contribution in [0.5, 0.6) is 0 Å². The number of thiophene rings is 1. The second-order valence-electron chi connectivity index (χ2n) is 5.63. The average Bonchev–Trinajstić information content (AvgIpc) is 3.15. The molecule has 0 spiro atoms. The summed E-state index contributed by atoms with van der Waals surface area (Å²) in [6.45, 7) is 3.81. The standard InChI is InChI=1S/C16H21N3OS/c1-3-14-4-5-15(21-14)16(20)19-8-6-12(7-9-19)13-10-17-18(2)11-13/h4-5,10-12H,3,6-9H2,1-2H3. The summed E-state index contributed by atoms with van der Waals surface area (Å²) in [5.74, 6) is 0.738. The summed E-state index contributed by atoms with van der Waals surface area (Å²) < 4.78 is 1.85. The first-order valence-corrected chi connectivity index (χ1v) is 8.35. The Labute approximate surface area is 129 Å². The third-order valence-electron chi connectivity index (χ3n) is 4.20. The van der Waals surface area contributed by atoms with Crippen LogP contribution in [-0.2, 0) is 13.5 Å². The Morgan fingerprint density at radius 2 is 2.14 bits per heavy atom. The predicted molar refractivity (Wildman–Crippen MR) is 84.8 cm³/mol. The SMILES string of the molecule is CCc1ccc(C(=O)N2CCC(c3cnn(C)c3)CC2)s1. The minimum absolute atomic E-state index is 0.198. The van der Waals surface area contributed by atoms with Crippen LogP contribution in [0.4, 0.5) is 0 Å². The molecule has 0 aromatic carbocycles. The van der Waals surface area contributed by atoms with Crippen molar-refractivity contribution in [1.82, 2.24) is 14.7 Å². The van der Waals surface area contributed by atoms with Gasteiger partial charge in [-0.2, -0.15) is 5.10 Å². The number of hydrogen-bond acceptors (Lipinski definition) is 3. The fourth-order valence-corrected chi connectivity index (χ4v) is 3.82. The molecule has 0 radical (unpaired) electrons. The quantitative estimate of drug-likeness (QED) is 0.874. The van der Waals surface area contributed by atoms with Gasteiger partial charge < -0.3 is 4.90 Å². The third kappa shape index (κ3) is 3.02. The highest BCUT2D eigenvalue weighted by Crippen LogP contribution is 2.29. The molecule has 1 fully saturated rings. The van der Waals surface area contributed by atoms with Crippen molar-refractivity contribution in [3.05, 3.63) is 39.8 Å². The maximum absolute atomic E-state index is 12.5. The molecular weight excluding hydrogens is 282 g/mol. The maximum Gasteiger partial charge on any atom is 0.263 e. The normalized spacial score (nSPS) is 16.4. The Balaban J connectivity index is 1.61. The molecule has 4 nitrogen and oxygen atoms in total. The Morgan fingerprint density at radius 1 is 1.38 bits per heavy atom. The van der Waals surface area contributed by atoms with Crippen molar-refractivity contribution < 1.29 is 4.79 Å². The third-order valence-corrected chi connectivity index (χ3v) is 5.42. The van der Waals surface area contributed by atoms with Gasteiger partial charge in [0.15, 0.2) is 0 Å². The van der Waals surface area contributed by atoms with Crippen molar-refractivity contribution in [3.63, 3.8) is 0 Å². The minimum Gasteiger partial charge on any atom is -0.338 e. The van der Waals surface area contributed by atoms with Gasteiger partial charge in [0.25, 0.3) is 5.91 Å². The Bertz CT molecular complexity index is 623. The zero-order valence-electron chi connectivity index (χ0n) is 12.6. The van der Waals surface area contributed by atoms with E-state index in [9.17, 15) is 4.79 Å². The van der Waals surface area contributed by atoms with Gasteiger partial charge in [0.05, 0.1) is 11.1 Å². The largest absolute Gasteiger partial charge is 0.338 e. The van der Waals surface area contributed by atoms with E-state index in [2.05, 4.69) is 24.3 Å². The number of piperidine rings is 1. The molecule has 0 aliphatic carbocycles. The van der Waals surface area contributed by atoms with Crippen LogP contribution in [-0.4, -0.2) is 33.7 Å². The summed E-state index contributed by atoms with van der Waals surface area (Å²) in [7, 11) is 1.95. The van der Waals surface area contributed by atoms with Crippen molar-refractivity contribution in [2.24, 2.45) is 7.05 Å². The number of likely N-dealkylation sites (tertiary alicyclic amines) is 1. The van der Waals surface area contributed by atoms with E-state index in [-0.39, 0.29) is 5.91 Å². The van der Waals surface area contributed by atoms with Gasteiger partial charge >= 0.3 is 0 Å². The topological polar surface area (TPSA) is 38.1 Å². The van der Waals surface area contributed by atoms with Crippen molar-refractivity contribution in [1.29, 1.82) is 0 Å². The molecule has 0 N–H and O–H groups in total. The molecule has 0 unspecified atom stereocenters. The number of aryl methyl sites for hydroxylation is 2. The van der Waals surface area contributed by atoms with Gasteiger partial charge in [-0.15, -0.1) is 11.3 Å². The molecule has 3 rings (SSSR count). The molecule has 1 aliphatic rings. The maximum atomic E-state index is 12.5. The summed E-state index contributed by atoms with van der Waals surface area (Å²) in [5, 5.41) is 4.24. The van der Waals surface area contributed by atoms with Gasteiger partial charge in [-0.1, -0.05) is 6.92 Å². The lowest BCUT2D eigenvalue weighted by molar-refractivity contribution is 0.0718. The lowest BCUT2D eigenvalue weighted by Gasteiger charge is -2.31. The van der Waals surface area contributed by atoms with Gasteiger partial charge in [0, 0.05) is 31.2 Å². The van der Waals surface area contributed by atoms with E-state index in [0.29, 0.717) is 5.92 Å². The Hall–Kier alpha value is -1.62. The molecule has 1 amide bonds. The molecule has 5 heteroatoms. The van der Waals surface area contributed by atoms with E-state index in [4.69, 9.17) is 0 Å². The van der Waals surface area contributed by atoms with E-state index in [1.807, 2.05) is 28.9 Å². The number of carbonyl (C=O) groups is 1. The van der Waals surface area contributed by atoms with Crippen LogP contribution in [0.3, 0.4) is 0 Å². The first-order valence-electron chi connectivity index (χ1n) is 7.54. The van der Waals surface area contributed by atoms with Gasteiger partial charge in [-0.3, -0.25) is 9.48 Å². The molecule has 2 aromatic rings. The molecule has 1 saturated heterocycles. The highest BCUT2D eigenvalue weighted by Gasteiger charge is 2.25. The van der Waals surface area contributed by atoms with E-state index >= 15 is 0 Å².